The van der Waals surface area contributed by atoms with Crippen LogP contribution in [0, 0.1) is 0 Å². The SMILES string of the molecule is CCCNC(C)CCCCN(C)C. The largest absolute Gasteiger partial charge is 0.314 e. The average Bonchev–Trinajstić information content (AvgIpc) is 2.08. The Kier molecular flexibility index (Phi) is 8.46. The molecule has 0 aromatic heterocycles. The summed E-state index contributed by atoms with van der Waals surface area (Å²) < 4.78 is 0. The molecular weight excluding hydrogens is 160 g/mol. The quantitative estimate of drug-likeness (QED) is 0.584. The maximum atomic E-state index is 3.51. The van der Waals surface area contributed by atoms with Crippen molar-refractivity contribution in [2.75, 3.05) is 27.2 Å². The van der Waals surface area contributed by atoms with E-state index in [4.69, 9.17) is 0 Å². The average molecular weight is 186 g/mol. The van der Waals surface area contributed by atoms with Crippen LogP contribution in [0.25, 0.3) is 0 Å². The predicted molar refractivity (Wildman–Crippen MR) is 60.2 cm³/mol. The van der Waals surface area contributed by atoms with Gasteiger partial charge >= 0.3 is 0 Å². The first-order chi connectivity index (χ1) is 6.16. The van der Waals surface area contributed by atoms with Gasteiger partial charge in [0.1, 0.15) is 0 Å². The monoisotopic (exact) mass is 186 g/mol. The Hall–Kier alpha value is -0.0800. The Morgan fingerprint density at radius 2 is 1.92 bits per heavy atom. The second kappa shape index (κ2) is 8.52. The maximum absolute atomic E-state index is 3.51. The van der Waals surface area contributed by atoms with Crippen LogP contribution in [0.3, 0.4) is 0 Å². The highest BCUT2D eigenvalue weighted by atomic mass is 15.0. The van der Waals surface area contributed by atoms with E-state index in [1.54, 1.807) is 0 Å². The van der Waals surface area contributed by atoms with Crippen molar-refractivity contribution in [1.29, 1.82) is 0 Å². The molecule has 0 aromatic carbocycles. The number of unbranched alkanes of at least 4 members (excludes halogenated alkanes) is 1. The molecule has 1 atom stereocenters. The van der Waals surface area contributed by atoms with Gasteiger partial charge in [-0.25, -0.2) is 0 Å². The number of hydrogen-bond donors (Lipinski definition) is 1. The fraction of sp³-hybridized carbons (Fsp3) is 1.00. The van der Waals surface area contributed by atoms with Gasteiger partial charge < -0.3 is 10.2 Å². The van der Waals surface area contributed by atoms with Gasteiger partial charge in [-0.2, -0.15) is 0 Å². The molecule has 1 unspecified atom stereocenters. The van der Waals surface area contributed by atoms with Crippen molar-refractivity contribution in [3.63, 3.8) is 0 Å². The van der Waals surface area contributed by atoms with Crippen LogP contribution in [-0.2, 0) is 0 Å². The lowest BCUT2D eigenvalue weighted by molar-refractivity contribution is 0.382. The van der Waals surface area contributed by atoms with Gasteiger partial charge in [0, 0.05) is 6.04 Å². The zero-order valence-electron chi connectivity index (χ0n) is 9.77. The van der Waals surface area contributed by atoms with Crippen molar-refractivity contribution in [2.24, 2.45) is 0 Å². The van der Waals surface area contributed by atoms with E-state index >= 15 is 0 Å². The number of hydrogen-bond acceptors (Lipinski definition) is 2. The summed E-state index contributed by atoms with van der Waals surface area (Å²) in [4.78, 5) is 2.25. The third kappa shape index (κ3) is 9.84. The van der Waals surface area contributed by atoms with Gasteiger partial charge in [-0.05, 0) is 53.4 Å². The third-order valence-corrected chi connectivity index (χ3v) is 2.24. The van der Waals surface area contributed by atoms with Crippen LogP contribution in [-0.4, -0.2) is 38.1 Å². The van der Waals surface area contributed by atoms with Crippen LogP contribution in [0.1, 0.15) is 39.5 Å². The summed E-state index contributed by atoms with van der Waals surface area (Å²) in [6, 6.07) is 0.696. The molecule has 0 fully saturated rings. The Morgan fingerprint density at radius 1 is 1.23 bits per heavy atom. The summed E-state index contributed by atoms with van der Waals surface area (Å²) in [5, 5.41) is 3.51. The molecule has 0 aromatic rings. The lowest BCUT2D eigenvalue weighted by Gasteiger charge is -2.14. The van der Waals surface area contributed by atoms with Crippen LogP contribution >= 0.6 is 0 Å². The van der Waals surface area contributed by atoms with Crippen molar-refractivity contribution in [3.8, 4) is 0 Å². The topological polar surface area (TPSA) is 15.3 Å². The summed E-state index contributed by atoms with van der Waals surface area (Å²) in [7, 11) is 4.28. The second-order valence-electron chi connectivity index (χ2n) is 4.15. The highest BCUT2D eigenvalue weighted by molar-refractivity contribution is 4.60. The van der Waals surface area contributed by atoms with Crippen molar-refractivity contribution in [1.82, 2.24) is 10.2 Å². The number of rotatable bonds is 8. The summed E-state index contributed by atoms with van der Waals surface area (Å²) in [5.74, 6) is 0. The molecule has 0 saturated carbocycles. The summed E-state index contributed by atoms with van der Waals surface area (Å²) in [6.45, 7) is 6.88. The molecular formula is C11H26N2. The van der Waals surface area contributed by atoms with Crippen molar-refractivity contribution >= 4 is 0 Å². The molecule has 0 saturated heterocycles. The maximum Gasteiger partial charge on any atom is 0.00387 e. The Bertz CT molecular complexity index is 102. The molecule has 2 nitrogen and oxygen atoms in total. The van der Waals surface area contributed by atoms with Gasteiger partial charge in [0.2, 0.25) is 0 Å². The molecule has 0 aliphatic rings. The van der Waals surface area contributed by atoms with Crippen LogP contribution < -0.4 is 5.32 Å². The van der Waals surface area contributed by atoms with Crippen LogP contribution in [0.4, 0.5) is 0 Å². The first-order valence-electron chi connectivity index (χ1n) is 5.55. The molecule has 1 N–H and O–H groups in total. The first-order valence-corrected chi connectivity index (χ1v) is 5.55. The van der Waals surface area contributed by atoms with Crippen LogP contribution in [0.15, 0.2) is 0 Å². The molecule has 80 valence electrons. The van der Waals surface area contributed by atoms with Crippen LogP contribution in [0.5, 0.6) is 0 Å². The summed E-state index contributed by atoms with van der Waals surface area (Å²) >= 11 is 0. The van der Waals surface area contributed by atoms with E-state index in [1.807, 2.05) is 0 Å². The number of nitrogens with one attached hydrogen (secondary N) is 1. The Balaban J connectivity index is 3.12. The summed E-state index contributed by atoms with van der Waals surface area (Å²) in [6.07, 6.45) is 5.22. The van der Waals surface area contributed by atoms with Crippen molar-refractivity contribution in [3.05, 3.63) is 0 Å². The standard InChI is InChI=1S/C11H26N2/c1-5-9-12-11(2)8-6-7-10-13(3)4/h11-12H,5-10H2,1-4H3. The lowest BCUT2D eigenvalue weighted by Crippen LogP contribution is -2.26. The van der Waals surface area contributed by atoms with Gasteiger partial charge in [0.25, 0.3) is 0 Å². The van der Waals surface area contributed by atoms with Crippen molar-refractivity contribution in [2.45, 2.75) is 45.6 Å². The first kappa shape index (κ1) is 12.9. The van der Waals surface area contributed by atoms with Gasteiger partial charge in [0.05, 0.1) is 0 Å². The van der Waals surface area contributed by atoms with E-state index in [-0.39, 0.29) is 0 Å². The van der Waals surface area contributed by atoms with E-state index in [1.165, 1.54) is 32.2 Å². The minimum Gasteiger partial charge on any atom is -0.314 e. The minimum atomic E-state index is 0.696. The highest BCUT2D eigenvalue weighted by Crippen LogP contribution is 2.00. The predicted octanol–water partition coefficient (Wildman–Crippen LogP) is 2.11. The van der Waals surface area contributed by atoms with E-state index in [9.17, 15) is 0 Å². The van der Waals surface area contributed by atoms with E-state index in [0.29, 0.717) is 6.04 Å². The summed E-state index contributed by atoms with van der Waals surface area (Å²) in [5.41, 5.74) is 0. The van der Waals surface area contributed by atoms with Crippen LogP contribution in [0.2, 0.25) is 0 Å². The number of nitrogens with zero attached hydrogens (tertiary/aromatic N) is 1. The van der Waals surface area contributed by atoms with Gasteiger partial charge in [-0.3, -0.25) is 0 Å². The highest BCUT2D eigenvalue weighted by Gasteiger charge is 1.99. The molecule has 0 aliphatic carbocycles. The molecule has 0 aliphatic heterocycles. The van der Waals surface area contributed by atoms with Gasteiger partial charge in [-0.15, -0.1) is 0 Å². The second-order valence-corrected chi connectivity index (χ2v) is 4.15. The molecule has 0 heterocycles. The third-order valence-electron chi connectivity index (χ3n) is 2.24. The Labute approximate surface area is 83.7 Å². The molecule has 0 spiro atoms. The fourth-order valence-electron chi connectivity index (χ4n) is 1.37. The zero-order chi connectivity index (χ0) is 10.1. The molecule has 2 heteroatoms. The fourth-order valence-corrected chi connectivity index (χ4v) is 1.37. The molecule has 0 bridgehead atoms. The molecule has 0 amide bonds. The smallest absolute Gasteiger partial charge is 0.00387 e. The van der Waals surface area contributed by atoms with Crippen molar-refractivity contribution < 1.29 is 0 Å². The van der Waals surface area contributed by atoms with Gasteiger partial charge in [0.15, 0.2) is 0 Å². The normalized spacial score (nSPS) is 13.6. The molecule has 0 radical (unpaired) electrons. The van der Waals surface area contributed by atoms with E-state index in [2.05, 4.69) is 38.2 Å². The minimum absolute atomic E-state index is 0.696. The van der Waals surface area contributed by atoms with Gasteiger partial charge in [-0.1, -0.05) is 13.3 Å². The van der Waals surface area contributed by atoms with E-state index in [0.717, 1.165) is 6.54 Å². The zero-order valence-corrected chi connectivity index (χ0v) is 9.77. The molecule has 13 heavy (non-hydrogen) atoms. The Morgan fingerprint density at radius 3 is 2.46 bits per heavy atom. The lowest BCUT2D eigenvalue weighted by atomic mass is 10.1. The molecule has 0 rings (SSSR count). The van der Waals surface area contributed by atoms with E-state index < -0.39 is 0 Å².